The van der Waals surface area contributed by atoms with Crippen LogP contribution in [0.5, 0.6) is 0 Å². The van der Waals surface area contributed by atoms with Crippen LogP contribution in [0.25, 0.3) is 0 Å². The fourth-order valence-electron chi connectivity index (χ4n) is 2.92. The molecule has 3 rings (SSSR count). The smallest absolute Gasteiger partial charge is 0.0406 e. The van der Waals surface area contributed by atoms with Gasteiger partial charge in [0.1, 0.15) is 0 Å². The van der Waals surface area contributed by atoms with E-state index >= 15 is 0 Å². The van der Waals surface area contributed by atoms with Crippen LogP contribution in [0.15, 0.2) is 48.5 Å². The molecular formula is C16H16ClN. The van der Waals surface area contributed by atoms with E-state index in [1.807, 2.05) is 19.2 Å². The summed E-state index contributed by atoms with van der Waals surface area (Å²) in [6, 6.07) is 17.4. The van der Waals surface area contributed by atoms with E-state index in [0.29, 0.717) is 12.0 Å². The van der Waals surface area contributed by atoms with Crippen molar-refractivity contribution in [3.05, 3.63) is 70.2 Å². The van der Waals surface area contributed by atoms with E-state index in [2.05, 4.69) is 41.7 Å². The minimum atomic E-state index is 0.460. The summed E-state index contributed by atoms with van der Waals surface area (Å²) in [5, 5.41) is 4.21. The van der Waals surface area contributed by atoms with Gasteiger partial charge in [-0.05, 0) is 42.3 Å². The molecule has 0 radical (unpaired) electrons. The number of hydrogen-bond donors (Lipinski definition) is 1. The monoisotopic (exact) mass is 257 g/mol. The number of rotatable bonds is 2. The summed E-state index contributed by atoms with van der Waals surface area (Å²) in [6.07, 6.45) is 1.12. The maximum atomic E-state index is 5.96. The average Bonchev–Trinajstić information content (AvgIpc) is 2.79. The fraction of sp³-hybridized carbons (Fsp3) is 0.250. The van der Waals surface area contributed by atoms with Crippen molar-refractivity contribution in [3.8, 4) is 0 Å². The van der Waals surface area contributed by atoms with Crippen molar-refractivity contribution >= 4 is 11.6 Å². The van der Waals surface area contributed by atoms with E-state index in [0.717, 1.165) is 11.4 Å². The molecule has 1 aliphatic carbocycles. The van der Waals surface area contributed by atoms with Crippen molar-refractivity contribution in [2.75, 3.05) is 7.05 Å². The lowest BCUT2D eigenvalue weighted by molar-refractivity contribution is 0.564. The molecule has 0 amide bonds. The number of fused-ring (bicyclic) bond motifs is 1. The van der Waals surface area contributed by atoms with Gasteiger partial charge in [-0.15, -0.1) is 0 Å². The summed E-state index contributed by atoms with van der Waals surface area (Å²) < 4.78 is 0. The molecule has 18 heavy (non-hydrogen) atoms. The van der Waals surface area contributed by atoms with Crippen molar-refractivity contribution in [2.24, 2.45) is 0 Å². The predicted octanol–water partition coefficient (Wildman–Crippen LogP) is 4.14. The maximum Gasteiger partial charge on any atom is 0.0406 e. The molecule has 2 aromatic carbocycles. The molecule has 0 unspecified atom stereocenters. The minimum absolute atomic E-state index is 0.460. The first-order chi connectivity index (χ1) is 8.79. The number of nitrogens with one attached hydrogen (secondary N) is 1. The summed E-state index contributed by atoms with van der Waals surface area (Å²) in [4.78, 5) is 0. The van der Waals surface area contributed by atoms with Gasteiger partial charge in [-0.25, -0.2) is 0 Å². The highest BCUT2D eigenvalue weighted by Gasteiger charge is 2.30. The van der Waals surface area contributed by atoms with Crippen LogP contribution in [-0.4, -0.2) is 7.05 Å². The van der Waals surface area contributed by atoms with Gasteiger partial charge in [-0.1, -0.05) is 48.0 Å². The Morgan fingerprint density at radius 2 is 1.67 bits per heavy atom. The molecule has 0 heterocycles. The highest BCUT2D eigenvalue weighted by Crippen LogP contribution is 2.43. The van der Waals surface area contributed by atoms with Gasteiger partial charge in [-0.2, -0.15) is 0 Å². The third-order valence-corrected chi connectivity index (χ3v) is 4.09. The Labute approximate surface area is 113 Å². The van der Waals surface area contributed by atoms with Gasteiger partial charge in [0.05, 0.1) is 0 Å². The zero-order valence-electron chi connectivity index (χ0n) is 10.4. The maximum absolute atomic E-state index is 5.96. The largest absolute Gasteiger partial charge is 0.313 e. The predicted molar refractivity (Wildman–Crippen MR) is 76.2 cm³/mol. The lowest BCUT2D eigenvalue weighted by Crippen LogP contribution is -2.13. The Morgan fingerprint density at radius 3 is 2.33 bits per heavy atom. The number of halogens is 1. The van der Waals surface area contributed by atoms with Crippen LogP contribution in [0.2, 0.25) is 5.02 Å². The van der Waals surface area contributed by atoms with Crippen LogP contribution in [0.4, 0.5) is 0 Å². The van der Waals surface area contributed by atoms with Crippen LogP contribution in [-0.2, 0) is 0 Å². The lowest BCUT2D eigenvalue weighted by atomic mass is 9.93. The van der Waals surface area contributed by atoms with Crippen molar-refractivity contribution in [1.82, 2.24) is 5.32 Å². The molecule has 2 aromatic rings. The van der Waals surface area contributed by atoms with E-state index < -0.39 is 0 Å². The molecule has 0 spiro atoms. The first kappa shape index (κ1) is 11.8. The zero-order chi connectivity index (χ0) is 12.5. The van der Waals surface area contributed by atoms with Gasteiger partial charge in [0, 0.05) is 17.0 Å². The highest BCUT2D eigenvalue weighted by atomic mass is 35.5. The standard InChI is InChI=1S/C16H16ClN/c1-18-16-10-15(11-6-8-12(17)9-7-11)13-4-2-3-5-14(13)16/h2-9,15-16,18H,10H2,1H3/t15-,16+/m1/s1. The van der Waals surface area contributed by atoms with Gasteiger partial charge in [0.25, 0.3) is 0 Å². The Hall–Kier alpha value is -1.31. The minimum Gasteiger partial charge on any atom is -0.313 e. The highest BCUT2D eigenvalue weighted by molar-refractivity contribution is 6.30. The molecule has 2 atom stereocenters. The molecule has 0 bridgehead atoms. The molecule has 1 N–H and O–H groups in total. The average molecular weight is 258 g/mol. The summed E-state index contributed by atoms with van der Waals surface area (Å²) in [6.45, 7) is 0. The fourth-order valence-corrected chi connectivity index (χ4v) is 3.05. The summed E-state index contributed by atoms with van der Waals surface area (Å²) >= 11 is 5.96. The topological polar surface area (TPSA) is 12.0 Å². The second-order valence-electron chi connectivity index (χ2n) is 4.81. The van der Waals surface area contributed by atoms with Crippen molar-refractivity contribution < 1.29 is 0 Å². The first-order valence-electron chi connectivity index (χ1n) is 6.31. The van der Waals surface area contributed by atoms with E-state index in [9.17, 15) is 0 Å². The van der Waals surface area contributed by atoms with Crippen LogP contribution in [0.3, 0.4) is 0 Å². The third-order valence-electron chi connectivity index (χ3n) is 3.84. The Kier molecular flexibility index (Phi) is 3.11. The molecular weight excluding hydrogens is 242 g/mol. The number of hydrogen-bond acceptors (Lipinski definition) is 1. The van der Waals surface area contributed by atoms with Crippen LogP contribution < -0.4 is 5.32 Å². The first-order valence-corrected chi connectivity index (χ1v) is 6.69. The zero-order valence-corrected chi connectivity index (χ0v) is 11.1. The van der Waals surface area contributed by atoms with Crippen molar-refractivity contribution in [1.29, 1.82) is 0 Å². The van der Waals surface area contributed by atoms with Crippen LogP contribution in [0.1, 0.15) is 35.1 Å². The van der Waals surface area contributed by atoms with Crippen LogP contribution in [0, 0.1) is 0 Å². The molecule has 0 saturated heterocycles. The van der Waals surface area contributed by atoms with Gasteiger partial charge in [0.2, 0.25) is 0 Å². The molecule has 0 aliphatic heterocycles. The SMILES string of the molecule is CN[C@H]1C[C@H](c2ccc(Cl)cc2)c2ccccc21. The molecule has 1 nitrogen and oxygen atoms in total. The van der Waals surface area contributed by atoms with Crippen molar-refractivity contribution in [3.63, 3.8) is 0 Å². The quantitative estimate of drug-likeness (QED) is 0.853. The van der Waals surface area contributed by atoms with E-state index in [-0.39, 0.29) is 0 Å². The molecule has 2 heteroatoms. The summed E-state index contributed by atoms with van der Waals surface area (Å²) in [5.41, 5.74) is 4.23. The van der Waals surface area contributed by atoms with Gasteiger partial charge in [0.15, 0.2) is 0 Å². The second-order valence-corrected chi connectivity index (χ2v) is 5.25. The second kappa shape index (κ2) is 4.75. The molecule has 0 fully saturated rings. The van der Waals surface area contributed by atoms with E-state index in [4.69, 9.17) is 11.6 Å². The van der Waals surface area contributed by atoms with Gasteiger partial charge >= 0.3 is 0 Å². The Morgan fingerprint density at radius 1 is 1.00 bits per heavy atom. The van der Waals surface area contributed by atoms with Gasteiger partial charge < -0.3 is 5.32 Å². The Balaban J connectivity index is 2.02. The normalized spacial score (nSPS) is 21.9. The summed E-state index contributed by atoms with van der Waals surface area (Å²) in [7, 11) is 2.03. The number of benzene rings is 2. The Bertz CT molecular complexity index is 547. The van der Waals surface area contributed by atoms with Gasteiger partial charge in [-0.3, -0.25) is 0 Å². The van der Waals surface area contributed by atoms with E-state index in [1.54, 1.807) is 0 Å². The molecule has 0 saturated carbocycles. The lowest BCUT2D eigenvalue weighted by Gasteiger charge is -2.12. The molecule has 1 aliphatic rings. The van der Waals surface area contributed by atoms with Crippen LogP contribution >= 0.6 is 11.6 Å². The molecule has 0 aromatic heterocycles. The summed E-state index contributed by atoms with van der Waals surface area (Å²) in [5.74, 6) is 0.482. The van der Waals surface area contributed by atoms with Crippen molar-refractivity contribution in [2.45, 2.75) is 18.4 Å². The van der Waals surface area contributed by atoms with E-state index in [1.165, 1.54) is 16.7 Å². The molecule has 92 valence electrons. The third kappa shape index (κ3) is 1.94.